The summed E-state index contributed by atoms with van der Waals surface area (Å²) >= 11 is 0. The van der Waals surface area contributed by atoms with E-state index in [9.17, 15) is 0 Å². The molecule has 1 rings (SSSR count). The van der Waals surface area contributed by atoms with Crippen LogP contribution < -0.4 is 0 Å². The first kappa shape index (κ1) is 13.7. The zero-order chi connectivity index (χ0) is 12.0. The quantitative estimate of drug-likeness (QED) is 0.662. The Morgan fingerprint density at radius 1 is 1.44 bits per heavy atom. The molecule has 2 nitrogen and oxygen atoms in total. The highest BCUT2D eigenvalue weighted by atomic mass is 16.7. The Kier molecular flexibility index (Phi) is 6.07. The first-order chi connectivity index (χ1) is 7.58. The fourth-order valence-corrected chi connectivity index (χ4v) is 1.96. The average Bonchev–Trinajstić information content (AvgIpc) is 2.16. The minimum Gasteiger partial charge on any atom is -0.353 e. The maximum atomic E-state index is 5.75. The van der Waals surface area contributed by atoms with Crippen LogP contribution in [0.2, 0.25) is 0 Å². The number of rotatable bonds is 5. The van der Waals surface area contributed by atoms with Crippen molar-refractivity contribution in [3.05, 3.63) is 11.6 Å². The first-order valence-electron chi connectivity index (χ1n) is 6.48. The molecule has 3 atom stereocenters. The molecule has 0 aromatic rings. The summed E-state index contributed by atoms with van der Waals surface area (Å²) in [5.74, 6) is 0.672. The number of hydrogen-bond acceptors (Lipinski definition) is 2. The van der Waals surface area contributed by atoms with Crippen LogP contribution in [0.25, 0.3) is 0 Å². The summed E-state index contributed by atoms with van der Waals surface area (Å²) < 4.78 is 11.4. The van der Waals surface area contributed by atoms with Crippen LogP contribution in [0.5, 0.6) is 0 Å². The maximum absolute atomic E-state index is 5.75. The lowest BCUT2D eigenvalue weighted by Crippen LogP contribution is -2.31. The highest BCUT2D eigenvalue weighted by Crippen LogP contribution is 2.21. The van der Waals surface area contributed by atoms with Gasteiger partial charge in [-0.2, -0.15) is 0 Å². The average molecular weight is 226 g/mol. The smallest absolute Gasteiger partial charge is 0.158 e. The fraction of sp³-hybridized carbons (Fsp3) is 0.857. The molecule has 0 bridgehead atoms. The molecule has 1 fully saturated rings. The molecule has 1 aliphatic heterocycles. The normalized spacial score (nSPS) is 27.5. The van der Waals surface area contributed by atoms with Crippen molar-refractivity contribution in [3.63, 3.8) is 0 Å². The van der Waals surface area contributed by atoms with Crippen molar-refractivity contribution in [1.29, 1.82) is 0 Å². The minimum absolute atomic E-state index is 0.0328. The van der Waals surface area contributed by atoms with Gasteiger partial charge in [-0.05, 0) is 46.0 Å². The van der Waals surface area contributed by atoms with E-state index in [1.54, 1.807) is 0 Å². The van der Waals surface area contributed by atoms with E-state index in [1.165, 1.54) is 18.4 Å². The Bertz CT molecular complexity index is 219. The predicted molar refractivity (Wildman–Crippen MR) is 67.4 cm³/mol. The van der Waals surface area contributed by atoms with E-state index in [0.717, 1.165) is 19.4 Å². The van der Waals surface area contributed by atoms with Crippen molar-refractivity contribution in [3.8, 4) is 0 Å². The van der Waals surface area contributed by atoms with E-state index in [-0.39, 0.29) is 6.29 Å². The summed E-state index contributed by atoms with van der Waals surface area (Å²) in [5.41, 5.74) is 1.41. The zero-order valence-electron chi connectivity index (χ0n) is 11.2. The molecule has 0 aromatic carbocycles. The molecular formula is C14H26O2. The minimum atomic E-state index is 0.0328. The number of hydrogen-bond donors (Lipinski definition) is 0. The lowest BCUT2D eigenvalue weighted by atomic mass is 10.0. The second-order valence-electron chi connectivity index (χ2n) is 5.24. The van der Waals surface area contributed by atoms with Gasteiger partial charge in [0.25, 0.3) is 0 Å². The van der Waals surface area contributed by atoms with Crippen LogP contribution in [0.3, 0.4) is 0 Å². The molecule has 0 saturated carbocycles. The maximum Gasteiger partial charge on any atom is 0.158 e. The molecule has 1 aliphatic rings. The number of allylic oxidation sites excluding steroid dienone is 2. The molecule has 0 amide bonds. The molecule has 0 spiro atoms. The third-order valence-corrected chi connectivity index (χ3v) is 3.02. The van der Waals surface area contributed by atoms with Gasteiger partial charge in [0.1, 0.15) is 0 Å². The van der Waals surface area contributed by atoms with Gasteiger partial charge in [-0.1, -0.05) is 18.6 Å². The molecule has 16 heavy (non-hydrogen) atoms. The molecule has 1 heterocycles. The van der Waals surface area contributed by atoms with Crippen LogP contribution in [0, 0.1) is 5.92 Å². The summed E-state index contributed by atoms with van der Waals surface area (Å²) in [6, 6.07) is 0. The number of ether oxygens (including phenoxy) is 2. The largest absolute Gasteiger partial charge is 0.353 e. The van der Waals surface area contributed by atoms with Crippen molar-refractivity contribution in [2.24, 2.45) is 5.92 Å². The molecule has 0 N–H and O–H groups in total. The van der Waals surface area contributed by atoms with Gasteiger partial charge < -0.3 is 9.47 Å². The Balaban J connectivity index is 2.17. The molecule has 1 saturated heterocycles. The Morgan fingerprint density at radius 3 is 2.81 bits per heavy atom. The lowest BCUT2D eigenvalue weighted by Gasteiger charge is -2.29. The van der Waals surface area contributed by atoms with Crippen molar-refractivity contribution >= 4 is 0 Å². The monoisotopic (exact) mass is 226 g/mol. The van der Waals surface area contributed by atoms with E-state index >= 15 is 0 Å². The molecule has 94 valence electrons. The van der Waals surface area contributed by atoms with Gasteiger partial charge in [-0.3, -0.25) is 0 Å². The molecule has 0 unspecified atom stereocenters. The third kappa shape index (κ3) is 5.66. The van der Waals surface area contributed by atoms with Gasteiger partial charge in [0.15, 0.2) is 6.29 Å². The summed E-state index contributed by atoms with van der Waals surface area (Å²) in [7, 11) is 0. The highest BCUT2D eigenvalue weighted by Gasteiger charge is 2.21. The van der Waals surface area contributed by atoms with E-state index in [2.05, 4.69) is 33.8 Å². The van der Waals surface area contributed by atoms with Crippen LogP contribution in [-0.2, 0) is 9.47 Å². The molecular weight excluding hydrogens is 200 g/mol. The molecule has 0 aromatic heterocycles. The summed E-state index contributed by atoms with van der Waals surface area (Å²) in [5, 5.41) is 0. The molecule has 0 aliphatic carbocycles. The molecule has 2 heteroatoms. The van der Waals surface area contributed by atoms with Crippen LogP contribution in [0.1, 0.15) is 53.4 Å². The summed E-state index contributed by atoms with van der Waals surface area (Å²) in [6.07, 6.45) is 7.16. The predicted octanol–water partition coefficient (Wildman–Crippen LogP) is 3.91. The van der Waals surface area contributed by atoms with Crippen molar-refractivity contribution in [2.75, 3.05) is 6.61 Å². The summed E-state index contributed by atoms with van der Waals surface area (Å²) in [6.45, 7) is 9.57. The Hall–Kier alpha value is -0.340. The lowest BCUT2D eigenvalue weighted by molar-refractivity contribution is -0.214. The van der Waals surface area contributed by atoms with E-state index < -0.39 is 0 Å². The second-order valence-corrected chi connectivity index (χ2v) is 5.24. The highest BCUT2D eigenvalue weighted by molar-refractivity contribution is 4.92. The van der Waals surface area contributed by atoms with E-state index in [1.807, 2.05) is 0 Å². The second kappa shape index (κ2) is 7.08. The van der Waals surface area contributed by atoms with Crippen LogP contribution >= 0.6 is 0 Å². The van der Waals surface area contributed by atoms with Gasteiger partial charge in [0, 0.05) is 6.42 Å². The van der Waals surface area contributed by atoms with Crippen molar-refractivity contribution < 1.29 is 9.47 Å². The third-order valence-electron chi connectivity index (χ3n) is 3.02. The summed E-state index contributed by atoms with van der Waals surface area (Å²) in [4.78, 5) is 0. The van der Waals surface area contributed by atoms with Crippen LogP contribution in [0.4, 0.5) is 0 Å². The fourth-order valence-electron chi connectivity index (χ4n) is 1.96. The van der Waals surface area contributed by atoms with E-state index in [4.69, 9.17) is 9.47 Å². The Labute approximate surface area is 100 Å². The van der Waals surface area contributed by atoms with Crippen LogP contribution in [0.15, 0.2) is 11.6 Å². The van der Waals surface area contributed by atoms with Gasteiger partial charge in [-0.25, -0.2) is 0 Å². The molecule has 0 radical (unpaired) electrons. The van der Waals surface area contributed by atoms with Crippen molar-refractivity contribution in [2.45, 2.75) is 65.8 Å². The van der Waals surface area contributed by atoms with Gasteiger partial charge in [-0.15, -0.1) is 0 Å². The van der Waals surface area contributed by atoms with Crippen molar-refractivity contribution in [1.82, 2.24) is 0 Å². The standard InChI is InChI=1S/C14H26O2/c1-11(2)6-5-7-12(3)10-14-15-9-8-13(4)16-14/h6,12-14H,5,7-10H2,1-4H3/t12-,13+,14-/m0/s1. The Morgan fingerprint density at radius 2 is 2.19 bits per heavy atom. The van der Waals surface area contributed by atoms with Gasteiger partial charge in [0.05, 0.1) is 12.7 Å². The topological polar surface area (TPSA) is 18.5 Å². The SMILES string of the molecule is CC(C)=CCC[C@H](C)C[C@H]1OCC[C@@H](C)O1. The zero-order valence-corrected chi connectivity index (χ0v) is 11.2. The van der Waals surface area contributed by atoms with Gasteiger partial charge in [0.2, 0.25) is 0 Å². The first-order valence-corrected chi connectivity index (χ1v) is 6.48. The van der Waals surface area contributed by atoms with Crippen LogP contribution in [-0.4, -0.2) is 19.0 Å². The van der Waals surface area contributed by atoms with E-state index in [0.29, 0.717) is 12.0 Å². The van der Waals surface area contributed by atoms with Gasteiger partial charge >= 0.3 is 0 Å².